The Morgan fingerprint density at radius 3 is 1.11 bits per heavy atom. The molecule has 0 radical (unpaired) electrons. The Labute approximate surface area is 410 Å². The summed E-state index contributed by atoms with van der Waals surface area (Å²) >= 11 is 48.5. The van der Waals surface area contributed by atoms with E-state index in [1.807, 2.05) is 18.7 Å². The summed E-state index contributed by atoms with van der Waals surface area (Å²) in [6.07, 6.45) is -5.62. The van der Waals surface area contributed by atoms with Crippen molar-refractivity contribution in [2.24, 2.45) is 0 Å². The largest absolute Gasteiger partial charge is 0.381 e. The molecule has 24 heteroatoms. The van der Waals surface area contributed by atoms with Crippen molar-refractivity contribution >= 4 is 133 Å². The molecule has 0 aliphatic heterocycles. The van der Waals surface area contributed by atoms with E-state index in [1.165, 1.54) is 12.0 Å². The summed E-state index contributed by atoms with van der Waals surface area (Å²) in [5.74, 6) is -30.2. The van der Waals surface area contributed by atoms with Crippen LogP contribution in [0.4, 0.5) is 52.7 Å². The van der Waals surface area contributed by atoms with Crippen LogP contribution in [-0.4, -0.2) is 25.1 Å². The van der Waals surface area contributed by atoms with E-state index in [4.69, 9.17) is 97.5 Å². The summed E-state index contributed by atoms with van der Waals surface area (Å²) in [6.45, 7) is 3.68. The molecule has 340 valence electrons. The number of hydrogen-bond acceptors (Lipinski definition) is 2. The van der Waals surface area contributed by atoms with Crippen LogP contribution in [0.5, 0.6) is 0 Å². The van der Waals surface area contributed by atoms with E-state index >= 15 is 35.1 Å². The van der Waals surface area contributed by atoms with Crippen LogP contribution in [0.25, 0.3) is 0 Å². The molecule has 6 aromatic rings. The van der Waals surface area contributed by atoms with Gasteiger partial charge in [-0.2, -0.15) is 0 Å². The number of benzene rings is 6. The minimum atomic E-state index is -5.62. The summed E-state index contributed by atoms with van der Waals surface area (Å²) in [6, 6.07) is 19.6. The molecule has 0 saturated carbocycles. The van der Waals surface area contributed by atoms with Crippen LogP contribution in [0.3, 0.4) is 0 Å². The minimum absolute atomic E-state index is 0.0807. The van der Waals surface area contributed by atoms with E-state index in [9.17, 15) is 17.6 Å². The van der Waals surface area contributed by atoms with Crippen LogP contribution in [0, 0.1) is 76.9 Å². The van der Waals surface area contributed by atoms with Crippen molar-refractivity contribution in [3.8, 4) is 0 Å². The summed E-state index contributed by atoms with van der Waals surface area (Å²) in [5.41, 5.74) is -8.47. The van der Waals surface area contributed by atoms with E-state index < -0.39 is 138 Å². The van der Waals surface area contributed by atoms with Gasteiger partial charge in [0.15, 0.2) is 50.1 Å². The zero-order chi connectivity index (χ0) is 47.7. The first-order valence-corrected chi connectivity index (χ1v) is 23.5. The molecule has 0 N–H and O–H groups in total. The molecule has 0 heterocycles. The van der Waals surface area contributed by atoms with Crippen molar-refractivity contribution in [2.45, 2.75) is 11.8 Å². The van der Waals surface area contributed by atoms with Crippen LogP contribution in [-0.2, 0) is 4.74 Å². The van der Waals surface area contributed by atoms with Gasteiger partial charge in [-0.3, -0.25) is 0 Å². The Morgan fingerprint density at radius 1 is 0.438 bits per heavy atom. The number of halogens is 21. The van der Waals surface area contributed by atoms with Crippen molar-refractivity contribution < 1.29 is 78.6 Å². The van der Waals surface area contributed by atoms with Crippen molar-refractivity contribution in [1.82, 2.24) is 0 Å². The highest BCUT2D eigenvalue weighted by Gasteiger charge is 2.50. The number of hydrogen-bond donors (Lipinski definition) is 0. The zero-order valence-corrected chi connectivity index (χ0v) is 40.2. The highest BCUT2D eigenvalue weighted by molar-refractivity contribution is 7.99. The summed E-state index contributed by atoms with van der Waals surface area (Å²) in [4.78, 5) is 1.42. The topological polar surface area (TPSA) is 9.23 Å². The van der Waals surface area contributed by atoms with Gasteiger partial charge in [0.05, 0.1) is 31.6 Å². The van der Waals surface area contributed by atoms with Crippen LogP contribution in [0.15, 0.2) is 59.5 Å². The molecular formula is C40H18BCl8F12IOS. The van der Waals surface area contributed by atoms with Crippen molar-refractivity contribution in [1.29, 1.82) is 0 Å². The van der Waals surface area contributed by atoms with E-state index in [2.05, 4.69) is 54.6 Å². The van der Waals surface area contributed by atoms with E-state index in [1.54, 1.807) is 0 Å². The molecular weight excluding hydrogens is 1180 g/mol. The Morgan fingerprint density at radius 2 is 0.766 bits per heavy atom. The summed E-state index contributed by atoms with van der Waals surface area (Å²) in [5, 5.41) is -13.9. The molecule has 0 amide bonds. The van der Waals surface area contributed by atoms with Gasteiger partial charge in [0.2, 0.25) is 3.57 Å². The van der Waals surface area contributed by atoms with Crippen molar-refractivity contribution in [3.63, 3.8) is 0 Å². The second-order valence-electron chi connectivity index (χ2n) is 12.7. The van der Waals surface area contributed by atoms with Gasteiger partial charge in [0, 0.05) is 32.5 Å². The maximum absolute atomic E-state index is 16.0. The minimum Gasteiger partial charge on any atom is -0.381 e. The molecule has 0 unspecified atom stereocenters. The Balaban J connectivity index is 0.000000337. The summed E-state index contributed by atoms with van der Waals surface area (Å²) in [7, 11) is 0. The molecule has 0 aromatic heterocycles. The number of ether oxygens (including phenoxy) is 1. The average Bonchev–Trinajstić information content (AvgIpc) is 3.28. The lowest BCUT2D eigenvalue weighted by molar-refractivity contribution is -0.601. The van der Waals surface area contributed by atoms with Gasteiger partial charge in [-0.15, -0.1) is 33.6 Å². The third-order valence-corrected chi connectivity index (χ3v) is 16.8. The molecule has 0 aliphatic carbocycles. The lowest BCUT2D eigenvalue weighted by atomic mass is 9.12. The predicted molar refractivity (Wildman–Crippen MR) is 227 cm³/mol. The fraction of sp³-hybridized carbons (Fsp3) is 0.100. The molecule has 0 bridgehead atoms. The normalized spacial score (nSPS) is 11.6. The molecule has 6 aromatic carbocycles. The van der Waals surface area contributed by atoms with E-state index in [0.717, 1.165) is 19.0 Å². The molecule has 0 saturated heterocycles. The monoisotopic (exact) mass is 1190 g/mol. The SMILES string of the molecule is CCOCCSc1ccccc1[I+]c1ccccc1.Fc1c(F)c(Cl)c(Cl)c([B-](c2c(F)c(F)c(F)c(Cl)c2Cl)(c2c(F)c(F)c(F)c(Cl)c2Cl)c2c(F)c(F)c(F)c(Cl)c2Cl)c1F. The van der Waals surface area contributed by atoms with Crippen LogP contribution in [0.2, 0.25) is 40.2 Å². The lowest BCUT2D eigenvalue weighted by Crippen LogP contribution is -3.61. The van der Waals surface area contributed by atoms with E-state index in [-0.39, 0.29) is 21.2 Å². The van der Waals surface area contributed by atoms with Gasteiger partial charge < -0.3 is 4.74 Å². The Bertz CT molecular complexity index is 2400. The molecule has 64 heavy (non-hydrogen) atoms. The smallest absolute Gasteiger partial charge is 0.359 e. The molecule has 6 rings (SSSR count). The van der Waals surface area contributed by atoms with Gasteiger partial charge in [-0.25, -0.2) is 52.7 Å². The molecule has 1 nitrogen and oxygen atoms in total. The molecule has 0 spiro atoms. The summed E-state index contributed by atoms with van der Waals surface area (Å²) < 4.78 is 191. The molecule has 0 atom stereocenters. The maximum Gasteiger partial charge on any atom is 0.359 e. The lowest BCUT2D eigenvalue weighted by Gasteiger charge is -2.46. The zero-order valence-electron chi connectivity index (χ0n) is 31.1. The highest BCUT2D eigenvalue weighted by atomic mass is 127. The van der Waals surface area contributed by atoms with Gasteiger partial charge >= 0.3 is 21.2 Å². The maximum atomic E-state index is 16.0. The first-order valence-electron chi connectivity index (χ1n) is 17.3. The Kier molecular flexibility index (Phi) is 18.1. The van der Waals surface area contributed by atoms with E-state index in [0.29, 0.717) is 0 Å². The quantitative estimate of drug-likeness (QED) is 0.0243. The number of thioether (sulfide) groups is 1. The second-order valence-corrected chi connectivity index (χ2v) is 19.8. The Hall–Kier alpha value is -2.10. The average molecular weight is 1200 g/mol. The van der Waals surface area contributed by atoms with Gasteiger partial charge in [-0.1, -0.05) is 123 Å². The fourth-order valence-electron chi connectivity index (χ4n) is 6.46. The standard InChI is InChI=1S/C24BCl8F12.C16H18IOS/c26-5-1(13(34)21(42)17(38)9(5)30)25(2-6(27)10(31)18(39)22(43)14(2)35,3-7(28)11(32)19(40)23(44)15(3)36)4-8(29)12(33)20(41)24(45)16(4)37;1-2-18-12-13-19-16-11-7-6-10-15(16)17-14-8-4-3-5-9-14/h;3-11H,2,12-13H2,1H3/q-1;+1. The third kappa shape index (κ3) is 9.63. The van der Waals surface area contributed by atoms with Crippen molar-refractivity contribution in [2.75, 3.05) is 19.0 Å². The fourth-order valence-corrected chi connectivity index (χ4v) is 12.3. The van der Waals surface area contributed by atoms with Gasteiger partial charge in [0.1, 0.15) is 29.4 Å². The first-order chi connectivity index (χ1) is 30.1. The number of rotatable bonds is 11. The predicted octanol–water partition coefficient (Wildman–Crippen LogP) is 10.9. The van der Waals surface area contributed by atoms with Crippen LogP contribution in [0.1, 0.15) is 6.92 Å². The first kappa shape index (κ1) is 52.9. The van der Waals surface area contributed by atoms with Crippen LogP contribution < -0.4 is 43.1 Å². The van der Waals surface area contributed by atoms with Crippen molar-refractivity contribution in [3.05, 3.63) is 172 Å². The van der Waals surface area contributed by atoms with Gasteiger partial charge in [0.25, 0.3) is 0 Å². The highest BCUT2D eigenvalue weighted by Crippen LogP contribution is 2.40. The van der Waals surface area contributed by atoms with Crippen LogP contribution >= 0.6 is 105 Å². The van der Waals surface area contributed by atoms with Gasteiger partial charge in [-0.05, 0) is 31.2 Å². The third-order valence-electron chi connectivity index (χ3n) is 9.18. The second kappa shape index (κ2) is 21.9. The molecule has 0 aliphatic rings. The molecule has 0 fully saturated rings.